The number of fused-ring (bicyclic) bond motifs is 3. The van der Waals surface area contributed by atoms with Crippen LogP contribution in [0.15, 0.2) is 9.95 Å². The van der Waals surface area contributed by atoms with Crippen LogP contribution in [0.25, 0.3) is 10.2 Å². The molecule has 1 saturated carbocycles. The molecule has 0 aliphatic heterocycles. The van der Waals surface area contributed by atoms with Gasteiger partial charge in [-0.1, -0.05) is 11.8 Å². The monoisotopic (exact) mass is 363 g/mol. The highest BCUT2D eigenvalue weighted by Gasteiger charge is 2.28. The summed E-state index contributed by atoms with van der Waals surface area (Å²) in [6.07, 6.45) is 6.80. The highest BCUT2D eigenvalue weighted by Crippen LogP contribution is 2.34. The zero-order valence-corrected chi connectivity index (χ0v) is 15.3. The van der Waals surface area contributed by atoms with Crippen molar-refractivity contribution in [2.45, 2.75) is 56.6 Å². The van der Waals surface area contributed by atoms with Gasteiger partial charge in [0.05, 0.1) is 11.1 Å². The molecule has 1 fully saturated rings. The second-order valence-electron chi connectivity index (χ2n) is 6.74. The Hall–Kier alpha value is -1.34. The van der Waals surface area contributed by atoms with Crippen LogP contribution >= 0.6 is 23.1 Å². The van der Waals surface area contributed by atoms with Gasteiger partial charge in [0, 0.05) is 10.9 Å². The summed E-state index contributed by atoms with van der Waals surface area (Å²) in [6.45, 7) is 2.06. The van der Waals surface area contributed by atoms with E-state index in [1.807, 2.05) is 0 Å². The van der Waals surface area contributed by atoms with E-state index in [0.29, 0.717) is 11.1 Å². The van der Waals surface area contributed by atoms with Gasteiger partial charge < -0.3 is 10.3 Å². The van der Waals surface area contributed by atoms with E-state index in [-0.39, 0.29) is 23.3 Å². The summed E-state index contributed by atoms with van der Waals surface area (Å²) in [6, 6.07) is 0.247. The second-order valence-corrected chi connectivity index (χ2v) is 8.79. The molecule has 0 saturated heterocycles. The maximum Gasteiger partial charge on any atom is 0.260 e. The molecule has 2 N–H and O–H groups in total. The van der Waals surface area contributed by atoms with Crippen LogP contribution < -0.4 is 10.9 Å². The fourth-order valence-corrected chi connectivity index (χ4v) is 5.35. The van der Waals surface area contributed by atoms with Crippen molar-refractivity contribution in [3.63, 3.8) is 0 Å². The minimum atomic E-state index is -0.0614. The molecule has 0 unspecified atom stereocenters. The molecule has 0 bridgehead atoms. The Balaban J connectivity index is 1.48. The van der Waals surface area contributed by atoms with Crippen molar-refractivity contribution in [3.8, 4) is 0 Å². The number of rotatable bonds is 5. The van der Waals surface area contributed by atoms with Crippen LogP contribution in [0, 0.1) is 5.92 Å². The van der Waals surface area contributed by atoms with Crippen LogP contribution in [0.4, 0.5) is 0 Å². The smallest absolute Gasteiger partial charge is 0.260 e. The molecule has 24 heavy (non-hydrogen) atoms. The van der Waals surface area contributed by atoms with Crippen LogP contribution in [-0.4, -0.2) is 27.7 Å². The number of amides is 1. The fourth-order valence-electron chi connectivity index (χ4n) is 3.36. The third-order valence-electron chi connectivity index (χ3n) is 4.86. The first-order valence-corrected chi connectivity index (χ1v) is 10.4. The number of H-pyrrole nitrogens is 1. The lowest BCUT2D eigenvalue weighted by atomic mass is 9.97. The Morgan fingerprint density at radius 2 is 2.21 bits per heavy atom. The summed E-state index contributed by atoms with van der Waals surface area (Å²) in [5.41, 5.74) is 1.14. The summed E-state index contributed by atoms with van der Waals surface area (Å²) in [4.78, 5) is 34.0. The maximum atomic E-state index is 12.4. The molecule has 0 spiro atoms. The molecule has 0 radical (unpaired) electrons. The highest BCUT2D eigenvalue weighted by molar-refractivity contribution is 7.99. The van der Waals surface area contributed by atoms with Gasteiger partial charge in [-0.25, -0.2) is 4.98 Å². The van der Waals surface area contributed by atoms with Crippen LogP contribution in [-0.2, 0) is 17.6 Å². The van der Waals surface area contributed by atoms with E-state index in [9.17, 15) is 9.59 Å². The van der Waals surface area contributed by atoms with Gasteiger partial charge in [-0.3, -0.25) is 9.59 Å². The number of carbonyl (C=O) groups excluding carboxylic acids is 1. The number of aromatic nitrogens is 2. The van der Waals surface area contributed by atoms with Crippen LogP contribution in [0.2, 0.25) is 0 Å². The lowest BCUT2D eigenvalue weighted by Crippen LogP contribution is -2.35. The van der Waals surface area contributed by atoms with Crippen LogP contribution in [0.3, 0.4) is 0 Å². The standard InChI is InChI=1S/C17H21N3O2S2/c1-9(10-6-7-10)18-13(21)8-23-17-19-15(22)14-11-4-2-3-5-12(11)24-16(14)20-17/h9-10H,2-8H2,1H3,(H,18,21)(H,19,20,22)/t9-/m0/s1. The Bertz CT molecular complexity index is 838. The molecule has 0 aromatic carbocycles. The van der Waals surface area contributed by atoms with E-state index in [1.165, 1.54) is 41.5 Å². The number of hydrogen-bond acceptors (Lipinski definition) is 5. The topological polar surface area (TPSA) is 74.8 Å². The number of thioether (sulfide) groups is 1. The van der Waals surface area contributed by atoms with Crippen molar-refractivity contribution in [1.29, 1.82) is 0 Å². The normalized spacial score (nSPS) is 18.4. The summed E-state index contributed by atoms with van der Waals surface area (Å²) in [7, 11) is 0. The molecule has 4 rings (SSSR count). The molecule has 2 aliphatic carbocycles. The number of carbonyl (C=O) groups is 1. The number of nitrogens with zero attached hydrogens (tertiary/aromatic N) is 1. The molecule has 2 aromatic rings. The van der Waals surface area contributed by atoms with E-state index in [1.54, 1.807) is 11.3 Å². The molecule has 7 heteroatoms. The molecule has 1 amide bonds. The Morgan fingerprint density at radius 3 is 3.00 bits per heavy atom. The molecule has 2 heterocycles. The van der Waals surface area contributed by atoms with Gasteiger partial charge in [0.15, 0.2) is 5.16 Å². The average Bonchev–Trinajstić information content (AvgIpc) is 3.33. The lowest BCUT2D eigenvalue weighted by Gasteiger charge is -2.12. The average molecular weight is 364 g/mol. The van der Waals surface area contributed by atoms with Gasteiger partial charge in [-0.05, 0) is 56.9 Å². The van der Waals surface area contributed by atoms with Gasteiger partial charge in [0.1, 0.15) is 4.83 Å². The number of hydrogen-bond donors (Lipinski definition) is 2. The fraction of sp³-hybridized carbons (Fsp3) is 0.588. The SMILES string of the molecule is C[C@H](NC(=O)CSc1nc2sc3c(c2c(=O)[nH]1)CCCC3)C1CC1. The van der Waals surface area contributed by atoms with Crippen LogP contribution in [0.5, 0.6) is 0 Å². The third-order valence-corrected chi connectivity index (χ3v) is 6.92. The van der Waals surface area contributed by atoms with Crippen molar-refractivity contribution in [2.24, 2.45) is 5.92 Å². The number of aromatic amines is 1. The largest absolute Gasteiger partial charge is 0.353 e. The third kappa shape index (κ3) is 3.24. The molecule has 2 aliphatic rings. The Kier molecular flexibility index (Phi) is 4.39. The maximum absolute atomic E-state index is 12.4. The summed E-state index contributed by atoms with van der Waals surface area (Å²) in [5.74, 6) is 0.939. The lowest BCUT2D eigenvalue weighted by molar-refractivity contribution is -0.119. The summed E-state index contributed by atoms with van der Waals surface area (Å²) < 4.78 is 0. The first kappa shape index (κ1) is 16.1. The first-order valence-electron chi connectivity index (χ1n) is 8.58. The van der Waals surface area contributed by atoms with E-state index in [2.05, 4.69) is 22.2 Å². The predicted octanol–water partition coefficient (Wildman–Crippen LogP) is 2.87. The number of thiophene rings is 1. The van der Waals surface area contributed by atoms with Gasteiger partial charge in [0.25, 0.3) is 5.56 Å². The Morgan fingerprint density at radius 1 is 1.42 bits per heavy atom. The van der Waals surface area contributed by atoms with Crippen molar-refractivity contribution in [3.05, 3.63) is 20.8 Å². The van der Waals surface area contributed by atoms with Crippen LogP contribution in [0.1, 0.15) is 43.0 Å². The minimum absolute atomic E-state index is 0.00706. The van der Waals surface area contributed by atoms with E-state index >= 15 is 0 Å². The van der Waals surface area contributed by atoms with E-state index in [4.69, 9.17) is 0 Å². The van der Waals surface area contributed by atoms with Gasteiger partial charge in [-0.15, -0.1) is 11.3 Å². The summed E-state index contributed by atoms with van der Waals surface area (Å²) >= 11 is 2.95. The molecule has 2 aromatic heterocycles. The zero-order chi connectivity index (χ0) is 16.7. The molecule has 1 atom stereocenters. The molecule has 5 nitrogen and oxygen atoms in total. The van der Waals surface area contributed by atoms with Crippen molar-refractivity contribution >= 4 is 39.2 Å². The van der Waals surface area contributed by atoms with E-state index in [0.717, 1.165) is 29.5 Å². The molecular formula is C17H21N3O2S2. The minimum Gasteiger partial charge on any atom is -0.353 e. The van der Waals surface area contributed by atoms with E-state index < -0.39 is 0 Å². The zero-order valence-electron chi connectivity index (χ0n) is 13.7. The predicted molar refractivity (Wildman–Crippen MR) is 97.9 cm³/mol. The van der Waals surface area contributed by atoms with Gasteiger partial charge in [0.2, 0.25) is 5.91 Å². The number of nitrogens with one attached hydrogen (secondary N) is 2. The molecular weight excluding hydrogens is 342 g/mol. The van der Waals surface area contributed by atoms with Crippen molar-refractivity contribution < 1.29 is 4.79 Å². The molecule has 128 valence electrons. The first-order chi connectivity index (χ1) is 11.6. The van der Waals surface area contributed by atoms with Crippen molar-refractivity contribution in [1.82, 2.24) is 15.3 Å². The van der Waals surface area contributed by atoms with Gasteiger partial charge in [-0.2, -0.15) is 0 Å². The van der Waals surface area contributed by atoms with Gasteiger partial charge >= 0.3 is 0 Å². The van der Waals surface area contributed by atoms with Crippen molar-refractivity contribution in [2.75, 3.05) is 5.75 Å². The Labute approximate surface area is 148 Å². The second kappa shape index (κ2) is 6.52. The highest BCUT2D eigenvalue weighted by atomic mass is 32.2. The number of aryl methyl sites for hydroxylation is 2. The quantitative estimate of drug-likeness (QED) is 0.633. The summed E-state index contributed by atoms with van der Waals surface area (Å²) in [5, 5.41) is 4.34.